The number of aryl methyl sites for hydroxylation is 2. The second-order valence-corrected chi connectivity index (χ2v) is 6.29. The molecule has 0 heterocycles. The van der Waals surface area contributed by atoms with Crippen molar-refractivity contribution in [2.45, 2.75) is 72.6 Å². The summed E-state index contributed by atoms with van der Waals surface area (Å²) >= 11 is 0. The van der Waals surface area contributed by atoms with E-state index in [9.17, 15) is 4.79 Å². The normalized spacial score (nSPS) is 11.0. The van der Waals surface area contributed by atoms with Gasteiger partial charge in [-0.05, 0) is 36.8 Å². The zero-order valence-corrected chi connectivity index (χ0v) is 14.8. The number of ketones is 1. The summed E-state index contributed by atoms with van der Waals surface area (Å²) in [6, 6.07) is 6.41. The Balaban J connectivity index is 2.65. The molecule has 0 bridgehead atoms. The first-order valence-electron chi connectivity index (χ1n) is 8.86. The molecule has 0 N–H and O–H groups in total. The number of hydrogen-bond donors (Lipinski definition) is 0. The Morgan fingerprint density at radius 3 is 2.45 bits per heavy atom. The van der Waals surface area contributed by atoms with E-state index in [-0.39, 0.29) is 5.92 Å². The van der Waals surface area contributed by atoms with Gasteiger partial charge in [0.1, 0.15) is 11.5 Å². The van der Waals surface area contributed by atoms with Gasteiger partial charge in [0.2, 0.25) is 0 Å². The zero-order valence-electron chi connectivity index (χ0n) is 14.8. The average Bonchev–Trinajstić information content (AvgIpc) is 2.52. The summed E-state index contributed by atoms with van der Waals surface area (Å²) < 4.78 is 6.08. The van der Waals surface area contributed by atoms with E-state index in [1.165, 1.54) is 24.0 Å². The zero-order chi connectivity index (χ0) is 16.4. The molecule has 124 valence electrons. The van der Waals surface area contributed by atoms with E-state index < -0.39 is 0 Å². The third-order valence-electron chi connectivity index (χ3n) is 4.07. The molecule has 1 aromatic rings. The number of carbonyl (C=O) groups is 1. The molecule has 22 heavy (non-hydrogen) atoms. The molecule has 2 heteroatoms. The van der Waals surface area contributed by atoms with Crippen LogP contribution in [0.1, 0.15) is 70.9 Å². The monoisotopic (exact) mass is 304 g/mol. The van der Waals surface area contributed by atoms with Crippen LogP contribution in [0, 0.1) is 5.92 Å². The van der Waals surface area contributed by atoms with Gasteiger partial charge in [0.15, 0.2) is 0 Å². The highest BCUT2D eigenvalue weighted by Gasteiger charge is 2.11. The van der Waals surface area contributed by atoms with Gasteiger partial charge in [-0.1, -0.05) is 58.7 Å². The van der Waals surface area contributed by atoms with Crippen LogP contribution in [0.25, 0.3) is 0 Å². The maximum atomic E-state index is 11.8. The van der Waals surface area contributed by atoms with Crippen molar-refractivity contribution in [1.29, 1.82) is 0 Å². The summed E-state index contributed by atoms with van der Waals surface area (Å²) in [5.74, 6) is 1.57. The highest BCUT2D eigenvalue weighted by atomic mass is 16.5. The lowest BCUT2D eigenvalue weighted by Crippen LogP contribution is -2.08. The number of ether oxygens (including phenoxy) is 1. The molecular weight excluding hydrogens is 272 g/mol. The summed E-state index contributed by atoms with van der Waals surface area (Å²) in [5, 5.41) is 0. The van der Waals surface area contributed by atoms with Gasteiger partial charge in [-0.2, -0.15) is 0 Å². The van der Waals surface area contributed by atoms with E-state index in [0.717, 1.165) is 38.0 Å². The maximum Gasteiger partial charge on any atom is 0.135 e. The van der Waals surface area contributed by atoms with Gasteiger partial charge in [0, 0.05) is 12.3 Å². The molecule has 1 rings (SSSR count). The van der Waals surface area contributed by atoms with Crippen molar-refractivity contribution in [1.82, 2.24) is 0 Å². The fraction of sp³-hybridized carbons (Fsp3) is 0.650. The van der Waals surface area contributed by atoms with Crippen LogP contribution in [0.2, 0.25) is 0 Å². The van der Waals surface area contributed by atoms with Crippen LogP contribution in [-0.4, -0.2) is 12.4 Å². The lowest BCUT2D eigenvalue weighted by molar-refractivity contribution is -0.121. The minimum absolute atomic E-state index is 0.145. The lowest BCUT2D eigenvalue weighted by atomic mass is 9.98. The number of unbranched alkanes of at least 4 members (excludes halogenated alkanes) is 2. The lowest BCUT2D eigenvalue weighted by Gasteiger charge is -2.15. The van der Waals surface area contributed by atoms with Crippen molar-refractivity contribution in [3.63, 3.8) is 0 Å². The van der Waals surface area contributed by atoms with Crippen LogP contribution in [0.4, 0.5) is 0 Å². The number of benzene rings is 1. The van der Waals surface area contributed by atoms with Crippen LogP contribution in [0.3, 0.4) is 0 Å². The third kappa shape index (κ3) is 6.21. The Bertz CT molecular complexity index is 449. The minimum atomic E-state index is 0.145. The first kappa shape index (κ1) is 18.7. The fourth-order valence-corrected chi connectivity index (χ4v) is 2.57. The van der Waals surface area contributed by atoms with Crippen LogP contribution < -0.4 is 4.74 Å². The Labute approximate surface area is 136 Å². The highest BCUT2D eigenvalue weighted by molar-refractivity contribution is 5.80. The molecule has 0 amide bonds. The summed E-state index contributed by atoms with van der Waals surface area (Å²) in [5.41, 5.74) is 2.54. The topological polar surface area (TPSA) is 26.3 Å². The maximum absolute atomic E-state index is 11.8. The third-order valence-corrected chi connectivity index (χ3v) is 4.07. The second kappa shape index (κ2) is 10.4. The minimum Gasteiger partial charge on any atom is -0.493 e. The Morgan fingerprint density at radius 2 is 1.82 bits per heavy atom. The van der Waals surface area contributed by atoms with Crippen LogP contribution in [-0.2, 0) is 17.6 Å². The summed E-state index contributed by atoms with van der Waals surface area (Å²) in [6.07, 6.45) is 7.03. The van der Waals surface area contributed by atoms with Crippen molar-refractivity contribution in [3.8, 4) is 5.75 Å². The molecule has 0 spiro atoms. The van der Waals surface area contributed by atoms with Crippen LogP contribution >= 0.6 is 0 Å². The predicted molar refractivity (Wildman–Crippen MR) is 93.6 cm³/mol. The molecule has 0 unspecified atom stereocenters. The molecule has 0 radical (unpaired) electrons. The van der Waals surface area contributed by atoms with Gasteiger partial charge in [0.25, 0.3) is 0 Å². The van der Waals surface area contributed by atoms with Crippen molar-refractivity contribution < 1.29 is 9.53 Å². The molecule has 0 aliphatic rings. The first-order chi connectivity index (χ1) is 10.6. The SMILES string of the molecule is CCCCCOc1c(CC)cccc1CCCC(=O)C(C)C. The Hall–Kier alpha value is -1.31. The standard InChI is InChI=1S/C20H32O2/c1-5-7-8-15-22-20-17(6-2)11-9-12-18(20)13-10-14-19(21)16(3)4/h9,11-12,16H,5-8,10,13-15H2,1-4H3. The van der Waals surface area contributed by atoms with Gasteiger partial charge in [-0.3, -0.25) is 4.79 Å². The molecule has 0 saturated carbocycles. The number of rotatable bonds is 11. The van der Waals surface area contributed by atoms with Crippen molar-refractivity contribution in [2.75, 3.05) is 6.61 Å². The molecule has 0 aromatic heterocycles. The second-order valence-electron chi connectivity index (χ2n) is 6.29. The molecule has 1 aromatic carbocycles. The largest absolute Gasteiger partial charge is 0.493 e. The van der Waals surface area contributed by atoms with Gasteiger partial charge in [-0.15, -0.1) is 0 Å². The Kier molecular flexibility index (Phi) is 8.88. The van der Waals surface area contributed by atoms with Crippen molar-refractivity contribution in [2.24, 2.45) is 5.92 Å². The summed E-state index contributed by atoms with van der Waals surface area (Å²) in [7, 11) is 0. The van der Waals surface area contributed by atoms with E-state index >= 15 is 0 Å². The van der Waals surface area contributed by atoms with Crippen LogP contribution in [0.15, 0.2) is 18.2 Å². The van der Waals surface area contributed by atoms with Gasteiger partial charge >= 0.3 is 0 Å². The molecular formula is C20H32O2. The number of hydrogen-bond acceptors (Lipinski definition) is 2. The molecule has 0 saturated heterocycles. The van der Waals surface area contributed by atoms with E-state index in [0.29, 0.717) is 12.2 Å². The highest BCUT2D eigenvalue weighted by Crippen LogP contribution is 2.27. The van der Waals surface area contributed by atoms with Gasteiger partial charge < -0.3 is 4.74 Å². The molecule has 0 fully saturated rings. The van der Waals surface area contributed by atoms with Crippen molar-refractivity contribution in [3.05, 3.63) is 29.3 Å². The Morgan fingerprint density at radius 1 is 1.09 bits per heavy atom. The van der Waals surface area contributed by atoms with E-state index in [4.69, 9.17) is 4.74 Å². The van der Waals surface area contributed by atoms with E-state index in [1.807, 2.05) is 13.8 Å². The van der Waals surface area contributed by atoms with E-state index in [2.05, 4.69) is 32.0 Å². The van der Waals surface area contributed by atoms with Crippen LogP contribution in [0.5, 0.6) is 5.75 Å². The molecule has 0 atom stereocenters. The van der Waals surface area contributed by atoms with Gasteiger partial charge in [0.05, 0.1) is 6.61 Å². The smallest absolute Gasteiger partial charge is 0.135 e. The number of para-hydroxylation sites is 1. The predicted octanol–water partition coefficient (Wildman–Crippen LogP) is 5.37. The molecule has 2 nitrogen and oxygen atoms in total. The average molecular weight is 304 g/mol. The van der Waals surface area contributed by atoms with E-state index in [1.54, 1.807) is 0 Å². The molecule has 0 aliphatic carbocycles. The fourth-order valence-electron chi connectivity index (χ4n) is 2.57. The summed E-state index contributed by atoms with van der Waals surface area (Å²) in [6.45, 7) is 9.12. The number of Topliss-reactive ketones (excluding diaryl/α,β-unsaturated/α-hetero) is 1. The first-order valence-corrected chi connectivity index (χ1v) is 8.86. The molecule has 0 aliphatic heterocycles. The number of carbonyl (C=O) groups excluding carboxylic acids is 1. The summed E-state index contributed by atoms with van der Waals surface area (Å²) in [4.78, 5) is 11.8. The quantitative estimate of drug-likeness (QED) is 0.514. The van der Waals surface area contributed by atoms with Crippen molar-refractivity contribution >= 4 is 5.78 Å². The van der Waals surface area contributed by atoms with Gasteiger partial charge in [-0.25, -0.2) is 0 Å².